The first kappa shape index (κ1) is 16.7. The molecule has 2 N–H and O–H groups in total. The molecule has 0 atom stereocenters. The van der Waals surface area contributed by atoms with Crippen LogP contribution in [0.5, 0.6) is 0 Å². The summed E-state index contributed by atoms with van der Waals surface area (Å²) in [5.74, 6) is 0.219. The van der Waals surface area contributed by atoms with Crippen LogP contribution in [0.1, 0.15) is 37.9 Å². The van der Waals surface area contributed by atoms with Crippen LogP contribution in [0.25, 0.3) is 0 Å². The molecule has 0 saturated carbocycles. The van der Waals surface area contributed by atoms with Crippen LogP contribution >= 0.6 is 12.2 Å². The molecule has 1 aromatic heterocycles. The normalized spacial score (nSPS) is 11.4. The Hall–Kier alpha value is -1.37. The summed E-state index contributed by atoms with van der Waals surface area (Å²) in [6, 6.07) is 2.21. The zero-order chi connectivity index (χ0) is 15.3. The molecule has 0 bridgehead atoms. The number of anilines is 1. The Bertz CT molecular complexity index is 468. The maximum atomic E-state index is 12.8. The predicted molar refractivity (Wildman–Crippen MR) is 77.9 cm³/mol. The van der Waals surface area contributed by atoms with Crippen LogP contribution in [-0.2, 0) is 6.18 Å². The van der Waals surface area contributed by atoms with Crippen molar-refractivity contribution in [3.63, 3.8) is 0 Å². The number of alkyl halides is 3. The van der Waals surface area contributed by atoms with Crippen molar-refractivity contribution in [2.24, 2.45) is 5.73 Å². The van der Waals surface area contributed by atoms with Crippen molar-refractivity contribution in [1.29, 1.82) is 0 Å². The van der Waals surface area contributed by atoms with Gasteiger partial charge in [0.1, 0.15) is 16.5 Å². The van der Waals surface area contributed by atoms with Gasteiger partial charge in [0.15, 0.2) is 0 Å². The summed E-state index contributed by atoms with van der Waals surface area (Å²) in [6.07, 6.45) is -2.88. The minimum Gasteiger partial charge on any atom is -0.389 e. The van der Waals surface area contributed by atoms with Gasteiger partial charge in [-0.3, -0.25) is 0 Å². The number of rotatable bonds is 6. The van der Waals surface area contributed by atoms with Crippen molar-refractivity contribution < 1.29 is 13.2 Å². The van der Waals surface area contributed by atoms with Gasteiger partial charge in [0.25, 0.3) is 0 Å². The van der Waals surface area contributed by atoms with Gasteiger partial charge in [-0.15, -0.1) is 0 Å². The van der Waals surface area contributed by atoms with Gasteiger partial charge in [0, 0.05) is 13.1 Å². The van der Waals surface area contributed by atoms with Crippen LogP contribution in [0.4, 0.5) is 19.0 Å². The molecule has 112 valence electrons. The largest absolute Gasteiger partial charge is 0.433 e. The molecule has 7 heteroatoms. The zero-order valence-corrected chi connectivity index (χ0v) is 12.3. The Balaban J connectivity index is 3.33. The second-order valence-corrected chi connectivity index (χ2v) is 4.86. The number of aromatic nitrogens is 1. The van der Waals surface area contributed by atoms with E-state index in [1.165, 1.54) is 6.07 Å². The predicted octanol–water partition coefficient (Wildman–Crippen LogP) is 3.36. The van der Waals surface area contributed by atoms with E-state index in [1.54, 1.807) is 4.90 Å². The lowest BCUT2D eigenvalue weighted by atomic mass is 10.2. The molecule has 0 unspecified atom stereocenters. The topological polar surface area (TPSA) is 42.2 Å². The van der Waals surface area contributed by atoms with Crippen LogP contribution < -0.4 is 10.6 Å². The molecule has 0 amide bonds. The van der Waals surface area contributed by atoms with E-state index in [4.69, 9.17) is 18.0 Å². The SMILES string of the molecule is CCCN(CCC)c1nc(C(F)(F)F)ccc1C(N)=S. The number of nitrogens with zero attached hydrogens (tertiary/aromatic N) is 2. The lowest BCUT2D eigenvalue weighted by Gasteiger charge is -2.25. The minimum atomic E-state index is -4.48. The fraction of sp³-hybridized carbons (Fsp3) is 0.538. The van der Waals surface area contributed by atoms with E-state index in [0.717, 1.165) is 18.9 Å². The monoisotopic (exact) mass is 305 g/mol. The van der Waals surface area contributed by atoms with Gasteiger partial charge in [-0.2, -0.15) is 13.2 Å². The van der Waals surface area contributed by atoms with Gasteiger partial charge in [0.05, 0.1) is 5.56 Å². The molecule has 0 aliphatic heterocycles. The van der Waals surface area contributed by atoms with E-state index in [9.17, 15) is 13.2 Å². The highest BCUT2D eigenvalue weighted by Gasteiger charge is 2.33. The highest BCUT2D eigenvalue weighted by Crippen LogP contribution is 2.30. The molecule has 0 radical (unpaired) electrons. The first-order valence-corrected chi connectivity index (χ1v) is 6.85. The Morgan fingerprint density at radius 3 is 2.20 bits per heavy atom. The Labute approximate surface area is 122 Å². The van der Waals surface area contributed by atoms with E-state index in [2.05, 4.69) is 4.98 Å². The average molecular weight is 305 g/mol. The third-order valence-corrected chi connectivity index (χ3v) is 2.94. The average Bonchev–Trinajstić information content (AvgIpc) is 2.36. The smallest absolute Gasteiger partial charge is 0.389 e. The summed E-state index contributed by atoms with van der Waals surface area (Å²) < 4.78 is 38.4. The molecule has 20 heavy (non-hydrogen) atoms. The molecule has 3 nitrogen and oxygen atoms in total. The highest BCUT2D eigenvalue weighted by molar-refractivity contribution is 7.80. The number of pyridine rings is 1. The minimum absolute atomic E-state index is 0.0541. The third kappa shape index (κ3) is 4.06. The van der Waals surface area contributed by atoms with Crippen molar-refractivity contribution in [3.05, 3.63) is 23.4 Å². The maximum Gasteiger partial charge on any atom is 0.433 e. The van der Waals surface area contributed by atoms with Crippen molar-refractivity contribution in [2.75, 3.05) is 18.0 Å². The molecule has 0 spiro atoms. The second-order valence-electron chi connectivity index (χ2n) is 4.42. The maximum absolute atomic E-state index is 12.8. The quantitative estimate of drug-likeness (QED) is 0.818. The fourth-order valence-corrected chi connectivity index (χ4v) is 2.06. The highest BCUT2D eigenvalue weighted by atomic mass is 32.1. The van der Waals surface area contributed by atoms with E-state index in [1.807, 2.05) is 13.8 Å². The molecule has 0 aliphatic rings. The molecule has 1 rings (SSSR count). The lowest BCUT2D eigenvalue weighted by Crippen LogP contribution is -2.29. The third-order valence-electron chi connectivity index (χ3n) is 2.72. The fourth-order valence-electron chi connectivity index (χ4n) is 1.90. The van der Waals surface area contributed by atoms with Crippen molar-refractivity contribution in [1.82, 2.24) is 4.98 Å². The van der Waals surface area contributed by atoms with Crippen LogP contribution in [0.3, 0.4) is 0 Å². The lowest BCUT2D eigenvalue weighted by molar-refractivity contribution is -0.141. The number of halogens is 3. The van der Waals surface area contributed by atoms with E-state index in [-0.39, 0.29) is 10.8 Å². The van der Waals surface area contributed by atoms with E-state index in [0.29, 0.717) is 18.7 Å². The first-order chi connectivity index (χ1) is 9.31. The first-order valence-electron chi connectivity index (χ1n) is 6.44. The van der Waals surface area contributed by atoms with Crippen LogP contribution in [0.2, 0.25) is 0 Å². The summed E-state index contributed by atoms with van der Waals surface area (Å²) in [6.45, 7) is 5.13. The molecular formula is C13H18F3N3S. The van der Waals surface area contributed by atoms with Crippen molar-refractivity contribution in [2.45, 2.75) is 32.9 Å². The molecule has 1 heterocycles. The second kappa shape index (κ2) is 6.88. The summed E-state index contributed by atoms with van der Waals surface area (Å²) in [7, 11) is 0. The molecule has 0 aliphatic carbocycles. The van der Waals surface area contributed by atoms with E-state index >= 15 is 0 Å². The van der Waals surface area contributed by atoms with Gasteiger partial charge in [-0.25, -0.2) is 4.98 Å². The molecule has 0 saturated heterocycles. The number of hydrogen-bond donors (Lipinski definition) is 1. The van der Waals surface area contributed by atoms with Gasteiger partial charge < -0.3 is 10.6 Å². The summed E-state index contributed by atoms with van der Waals surface area (Å²) in [5, 5.41) is 0. The summed E-state index contributed by atoms with van der Waals surface area (Å²) in [4.78, 5) is 5.59. The van der Waals surface area contributed by atoms with Gasteiger partial charge in [-0.05, 0) is 25.0 Å². The number of nitrogens with two attached hydrogens (primary N) is 1. The van der Waals surface area contributed by atoms with Crippen molar-refractivity contribution >= 4 is 23.0 Å². The molecule has 1 aromatic rings. The Morgan fingerprint density at radius 1 is 1.25 bits per heavy atom. The van der Waals surface area contributed by atoms with Crippen LogP contribution in [0, 0.1) is 0 Å². The Kier molecular flexibility index (Phi) is 5.74. The van der Waals surface area contributed by atoms with Gasteiger partial charge in [-0.1, -0.05) is 26.1 Å². The standard InChI is InChI=1S/C13H18F3N3S/c1-3-7-19(8-4-2)12-9(11(17)20)5-6-10(18-12)13(14,15)16/h5-6H,3-4,7-8H2,1-2H3,(H2,17,20). The molecule has 0 aromatic carbocycles. The molecule has 0 fully saturated rings. The van der Waals surface area contributed by atoms with Gasteiger partial charge in [0.2, 0.25) is 0 Å². The van der Waals surface area contributed by atoms with Crippen LogP contribution in [0.15, 0.2) is 12.1 Å². The summed E-state index contributed by atoms with van der Waals surface area (Å²) in [5.41, 5.74) is 5.05. The van der Waals surface area contributed by atoms with Crippen molar-refractivity contribution in [3.8, 4) is 0 Å². The Morgan fingerprint density at radius 2 is 1.80 bits per heavy atom. The number of thiocarbonyl (C=S) groups is 1. The zero-order valence-electron chi connectivity index (χ0n) is 11.5. The van der Waals surface area contributed by atoms with E-state index < -0.39 is 11.9 Å². The van der Waals surface area contributed by atoms with Gasteiger partial charge >= 0.3 is 6.18 Å². The summed E-state index contributed by atoms with van der Waals surface area (Å²) >= 11 is 4.90. The number of hydrogen-bond acceptors (Lipinski definition) is 3. The molecular weight excluding hydrogens is 287 g/mol. The van der Waals surface area contributed by atoms with Crippen LogP contribution in [-0.4, -0.2) is 23.1 Å².